The second-order valence-corrected chi connectivity index (χ2v) is 5.20. The van der Waals surface area contributed by atoms with Gasteiger partial charge in [0.2, 0.25) is 0 Å². The highest BCUT2D eigenvalue weighted by Gasteiger charge is 2.24. The standard InChI is InChI=1S/C15H18N4O/c1-18-8-5-9-19-12(10-18)13(14(16)20)17-15(19)11-6-3-2-4-7-11/h2-4,6-7H,5,8-10H2,1H3,(H2,16,20). The third-order valence-corrected chi connectivity index (χ3v) is 3.68. The van der Waals surface area contributed by atoms with Gasteiger partial charge in [-0.25, -0.2) is 4.98 Å². The fourth-order valence-electron chi connectivity index (χ4n) is 2.73. The maximum Gasteiger partial charge on any atom is 0.269 e. The quantitative estimate of drug-likeness (QED) is 0.899. The van der Waals surface area contributed by atoms with Crippen molar-refractivity contribution in [3.05, 3.63) is 41.7 Å². The SMILES string of the molecule is CN1CCCn2c(-c3ccccc3)nc(C(N)=O)c2C1. The molecule has 0 aliphatic carbocycles. The molecule has 0 bridgehead atoms. The Morgan fingerprint density at radius 1 is 1.25 bits per heavy atom. The summed E-state index contributed by atoms with van der Waals surface area (Å²) in [4.78, 5) is 18.4. The number of nitrogens with zero attached hydrogens (tertiary/aromatic N) is 3. The number of carbonyl (C=O) groups excluding carboxylic acids is 1. The summed E-state index contributed by atoms with van der Waals surface area (Å²) in [5.41, 5.74) is 7.84. The van der Waals surface area contributed by atoms with Crippen molar-refractivity contribution in [2.75, 3.05) is 13.6 Å². The van der Waals surface area contributed by atoms with E-state index in [4.69, 9.17) is 5.73 Å². The number of rotatable bonds is 2. The van der Waals surface area contributed by atoms with E-state index in [0.717, 1.165) is 36.6 Å². The minimum Gasteiger partial charge on any atom is -0.364 e. The molecule has 0 saturated heterocycles. The third-order valence-electron chi connectivity index (χ3n) is 3.68. The molecule has 5 nitrogen and oxygen atoms in total. The zero-order valence-electron chi connectivity index (χ0n) is 11.5. The second kappa shape index (κ2) is 5.09. The van der Waals surface area contributed by atoms with Crippen molar-refractivity contribution in [3.8, 4) is 11.4 Å². The highest BCUT2D eigenvalue weighted by atomic mass is 16.1. The summed E-state index contributed by atoms with van der Waals surface area (Å²) in [6.45, 7) is 2.58. The molecule has 1 aromatic heterocycles. The number of amides is 1. The van der Waals surface area contributed by atoms with Crippen LogP contribution in [0.2, 0.25) is 0 Å². The molecule has 2 N–H and O–H groups in total. The lowest BCUT2D eigenvalue weighted by Gasteiger charge is -2.12. The zero-order chi connectivity index (χ0) is 14.1. The van der Waals surface area contributed by atoms with Crippen LogP contribution in [0, 0.1) is 0 Å². The van der Waals surface area contributed by atoms with Crippen LogP contribution in [-0.4, -0.2) is 34.0 Å². The molecule has 0 radical (unpaired) electrons. The second-order valence-electron chi connectivity index (χ2n) is 5.20. The van der Waals surface area contributed by atoms with E-state index in [1.807, 2.05) is 30.3 Å². The topological polar surface area (TPSA) is 64.2 Å². The molecule has 0 atom stereocenters. The fraction of sp³-hybridized carbons (Fsp3) is 0.333. The van der Waals surface area contributed by atoms with Crippen molar-refractivity contribution < 1.29 is 4.79 Å². The summed E-state index contributed by atoms with van der Waals surface area (Å²) in [6.07, 6.45) is 1.04. The van der Waals surface area contributed by atoms with E-state index in [1.165, 1.54) is 0 Å². The number of hydrogen-bond acceptors (Lipinski definition) is 3. The molecule has 1 aliphatic rings. The van der Waals surface area contributed by atoms with E-state index in [0.29, 0.717) is 12.2 Å². The summed E-state index contributed by atoms with van der Waals surface area (Å²) >= 11 is 0. The highest BCUT2D eigenvalue weighted by Crippen LogP contribution is 2.25. The normalized spacial score (nSPS) is 15.7. The van der Waals surface area contributed by atoms with E-state index >= 15 is 0 Å². The van der Waals surface area contributed by atoms with Crippen molar-refractivity contribution in [1.29, 1.82) is 0 Å². The summed E-state index contributed by atoms with van der Waals surface area (Å²) < 4.78 is 2.14. The maximum atomic E-state index is 11.7. The first-order valence-corrected chi connectivity index (χ1v) is 6.80. The van der Waals surface area contributed by atoms with Crippen LogP contribution in [-0.2, 0) is 13.1 Å². The molecule has 1 amide bonds. The molecule has 0 saturated carbocycles. The molecule has 20 heavy (non-hydrogen) atoms. The zero-order valence-corrected chi connectivity index (χ0v) is 11.5. The van der Waals surface area contributed by atoms with Crippen LogP contribution < -0.4 is 5.73 Å². The van der Waals surface area contributed by atoms with Gasteiger partial charge in [-0.05, 0) is 20.0 Å². The van der Waals surface area contributed by atoms with Crippen LogP contribution in [0.25, 0.3) is 11.4 Å². The van der Waals surface area contributed by atoms with Gasteiger partial charge in [-0.15, -0.1) is 0 Å². The molecular formula is C15H18N4O. The summed E-state index contributed by atoms with van der Waals surface area (Å²) in [5, 5.41) is 0. The first kappa shape index (κ1) is 12.9. The number of hydrogen-bond donors (Lipinski definition) is 1. The van der Waals surface area contributed by atoms with Gasteiger partial charge in [-0.1, -0.05) is 30.3 Å². The van der Waals surface area contributed by atoms with Crippen LogP contribution in [0.5, 0.6) is 0 Å². The number of primary amides is 1. The predicted octanol–water partition coefficient (Wildman–Crippen LogP) is 1.48. The molecule has 2 heterocycles. The maximum absolute atomic E-state index is 11.7. The predicted molar refractivity (Wildman–Crippen MR) is 77.1 cm³/mol. The summed E-state index contributed by atoms with van der Waals surface area (Å²) in [5.74, 6) is 0.385. The number of imidazole rings is 1. The van der Waals surface area contributed by atoms with Crippen LogP contribution >= 0.6 is 0 Å². The van der Waals surface area contributed by atoms with E-state index in [9.17, 15) is 4.79 Å². The third kappa shape index (κ3) is 2.20. The van der Waals surface area contributed by atoms with Gasteiger partial charge < -0.3 is 15.2 Å². The van der Waals surface area contributed by atoms with E-state index in [2.05, 4.69) is 21.5 Å². The van der Waals surface area contributed by atoms with Gasteiger partial charge in [0, 0.05) is 18.7 Å². The molecule has 1 aromatic carbocycles. The van der Waals surface area contributed by atoms with E-state index < -0.39 is 5.91 Å². The van der Waals surface area contributed by atoms with Crippen molar-refractivity contribution in [1.82, 2.24) is 14.5 Å². The molecule has 5 heteroatoms. The molecular weight excluding hydrogens is 252 g/mol. The molecule has 2 aromatic rings. The lowest BCUT2D eigenvalue weighted by molar-refractivity contribution is 0.0994. The summed E-state index contributed by atoms with van der Waals surface area (Å²) in [6, 6.07) is 9.94. The van der Waals surface area contributed by atoms with Gasteiger partial charge in [0.15, 0.2) is 5.69 Å². The monoisotopic (exact) mass is 270 g/mol. The lowest BCUT2D eigenvalue weighted by Crippen LogP contribution is -2.21. The molecule has 0 spiro atoms. The van der Waals surface area contributed by atoms with Crippen LogP contribution in [0.1, 0.15) is 22.6 Å². The van der Waals surface area contributed by atoms with Crippen LogP contribution in [0.15, 0.2) is 30.3 Å². The number of nitrogens with two attached hydrogens (primary N) is 1. The Bertz CT molecular complexity index is 633. The van der Waals surface area contributed by atoms with Crippen molar-refractivity contribution in [2.24, 2.45) is 5.73 Å². The van der Waals surface area contributed by atoms with Crippen molar-refractivity contribution in [2.45, 2.75) is 19.5 Å². The lowest BCUT2D eigenvalue weighted by atomic mass is 10.2. The Hall–Kier alpha value is -2.14. The minimum atomic E-state index is -0.453. The Kier molecular flexibility index (Phi) is 3.28. The van der Waals surface area contributed by atoms with Crippen LogP contribution in [0.3, 0.4) is 0 Å². The van der Waals surface area contributed by atoms with Gasteiger partial charge in [0.05, 0.1) is 5.69 Å². The minimum absolute atomic E-state index is 0.401. The van der Waals surface area contributed by atoms with Crippen LogP contribution in [0.4, 0.5) is 0 Å². The highest BCUT2D eigenvalue weighted by molar-refractivity contribution is 5.92. The number of benzene rings is 1. The van der Waals surface area contributed by atoms with Gasteiger partial charge >= 0.3 is 0 Å². The Morgan fingerprint density at radius 3 is 2.70 bits per heavy atom. The van der Waals surface area contributed by atoms with Gasteiger partial charge in [0.25, 0.3) is 5.91 Å². The van der Waals surface area contributed by atoms with E-state index in [1.54, 1.807) is 0 Å². The van der Waals surface area contributed by atoms with Crippen molar-refractivity contribution >= 4 is 5.91 Å². The summed E-state index contributed by atoms with van der Waals surface area (Å²) in [7, 11) is 2.05. The van der Waals surface area contributed by atoms with Gasteiger partial charge in [0.1, 0.15) is 5.82 Å². The van der Waals surface area contributed by atoms with Crippen molar-refractivity contribution in [3.63, 3.8) is 0 Å². The average molecular weight is 270 g/mol. The first-order chi connectivity index (χ1) is 9.66. The largest absolute Gasteiger partial charge is 0.364 e. The first-order valence-electron chi connectivity index (χ1n) is 6.80. The Morgan fingerprint density at radius 2 is 2.00 bits per heavy atom. The average Bonchev–Trinajstić information content (AvgIpc) is 2.68. The fourth-order valence-corrected chi connectivity index (χ4v) is 2.73. The smallest absolute Gasteiger partial charge is 0.269 e. The Balaban J connectivity index is 2.17. The molecule has 0 unspecified atom stereocenters. The molecule has 104 valence electrons. The number of carbonyl (C=O) groups is 1. The molecule has 0 fully saturated rings. The van der Waals surface area contributed by atoms with Gasteiger partial charge in [-0.2, -0.15) is 0 Å². The molecule has 3 rings (SSSR count). The Labute approximate surface area is 118 Å². The number of fused-ring (bicyclic) bond motifs is 1. The van der Waals surface area contributed by atoms with Gasteiger partial charge in [-0.3, -0.25) is 4.79 Å². The number of aromatic nitrogens is 2. The molecule has 1 aliphatic heterocycles. The van der Waals surface area contributed by atoms with E-state index in [-0.39, 0.29) is 0 Å².